The van der Waals surface area contributed by atoms with Gasteiger partial charge < -0.3 is 5.32 Å². The van der Waals surface area contributed by atoms with Crippen molar-refractivity contribution in [2.75, 3.05) is 39.3 Å². The number of nitrogens with zero attached hydrogens (tertiary/aromatic N) is 2. The number of hydrogen-bond donors (Lipinski definition) is 1. The third-order valence-corrected chi connectivity index (χ3v) is 3.85. The third kappa shape index (κ3) is 2.68. The van der Waals surface area contributed by atoms with Gasteiger partial charge in [0.1, 0.15) is 0 Å². The molecule has 0 radical (unpaired) electrons. The normalized spacial score (nSPS) is 23.5. The minimum Gasteiger partial charge on any atom is -0.314 e. The lowest BCUT2D eigenvalue weighted by Crippen LogP contribution is -2.62. The van der Waals surface area contributed by atoms with Crippen LogP contribution in [0.2, 0.25) is 0 Å². The van der Waals surface area contributed by atoms with Crippen LogP contribution in [0.4, 0.5) is 0 Å². The van der Waals surface area contributed by atoms with Crippen LogP contribution in [0.5, 0.6) is 0 Å². The largest absolute Gasteiger partial charge is 0.314 e. The Hall–Kier alpha value is -0.900. The Kier molecular flexibility index (Phi) is 3.41. The van der Waals surface area contributed by atoms with Gasteiger partial charge >= 0.3 is 0 Å². The van der Waals surface area contributed by atoms with Crippen molar-refractivity contribution in [1.82, 2.24) is 15.1 Å². The predicted octanol–water partition coefficient (Wildman–Crippen LogP) is 0.776. The van der Waals surface area contributed by atoms with Gasteiger partial charge in [-0.1, -0.05) is 30.3 Å². The standard InChI is InChI=1S/C14H21N3/c1-2-4-13(5-3-1)10-16-11-14(12-16)17-8-6-15-7-9-17/h1-5,14-15H,6-12H2. The SMILES string of the molecule is c1ccc(CN2CC(N3CCNCC3)C2)cc1. The van der Waals surface area contributed by atoms with E-state index in [-0.39, 0.29) is 0 Å². The summed E-state index contributed by atoms with van der Waals surface area (Å²) in [6, 6.07) is 11.6. The Labute approximate surface area is 103 Å². The number of piperazine rings is 1. The Balaban J connectivity index is 1.45. The first-order valence-corrected chi connectivity index (χ1v) is 6.63. The van der Waals surface area contributed by atoms with Crippen LogP contribution >= 0.6 is 0 Å². The summed E-state index contributed by atoms with van der Waals surface area (Å²) in [5.41, 5.74) is 1.44. The van der Waals surface area contributed by atoms with Crippen molar-refractivity contribution in [3.63, 3.8) is 0 Å². The van der Waals surface area contributed by atoms with Crippen molar-refractivity contribution < 1.29 is 0 Å². The van der Waals surface area contributed by atoms with Crippen molar-refractivity contribution in [1.29, 1.82) is 0 Å². The quantitative estimate of drug-likeness (QED) is 0.829. The van der Waals surface area contributed by atoms with Crippen LogP contribution in [0, 0.1) is 0 Å². The topological polar surface area (TPSA) is 18.5 Å². The van der Waals surface area contributed by atoms with Crippen LogP contribution in [-0.4, -0.2) is 55.1 Å². The fourth-order valence-electron chi connectivity index (χ4n) is 2.79. The van der Waals surface area contributed by atoms with Gasteiger partial charge in [-0.25, -0.2) is 0 Å². The van der Waals surface area contributed by atoms with Crippen molar-refractivity contribution >= 4 is 0 Å². The molecule has 3 heteroatoms. The van der Waals surface area contributed by atoms with Crippen LogP contribution < -0.4 is 5.32 Å². The third-order valence-electron chi connectivity index (χ3n) is 3.85. The summed E-state index contributed by atoms with van der Waals surface area (Å²) in [4.78, 5) is 5.18. The van der Waals surface area contributed by atoms with E-state index in [1.807, 2.05) is 0 Å². The molecule has 17 heavy (non-hydrogen) atoms. The molecule has 0 unspecified atom stereocenters. The van der Waals surface area contributed by atoms with E-state index in [0.717, 1.165) is 25.7 Å². The van der Waals surface area contributed by atoms with E-state index in [2.05, 4.69) is 45.4 Å². The molecule has 2 aliphatic heterocycles. The van der Waals surface area contributed by atoms with Gasteiger partial charge in [-0.15, -0.1) is 0 Å². The van der Waals surface area contributed by atoms with Gasteiger partial charge in [-0.05, 0) is 5.56 Å². The highest BCUT2D eigenvalue weighted by Gasteiger charge is 2.31. The van der Waals surface area contributed by atoms with Gasteiger partial charge in [0.25, 0.3) is 0 Å². The zero-order valence-corrected chi connectivity index (χ0v) is 10.3. The van der Waals surface area contributed by atoms with Crippen LogP contribution in [0.25, 0.3) is 0 Å². The molecule has 2 saturated heterocycles. The predicted molar refractivity (Wildman–Crippen MR) is 69.9 cm³/mol. The number of rotatable bonds is 3. The maximum atomic E-state index is 3.41. The number of hydrogen-bond acceptors (Lipinski definition) is 3. The van der Waals surface area contributed by atoms with Crippen molar-refractivity contribution in [2.45, 2.75) is 12.6 Å². The maximum absolute atomic E-state index is 3.41. The second kappa shape index (κ2) is 5.17. The molecule has 0 amide bonds. The van der Waals surface area contributed by atoms with Crippen molar-refractivity contribution in [3.8, 4) is 0 Å². The molecule has 0 aliphatic carbocycles. The van der Waals surface area contributed by atoms with Crippen LogP contribution in [0.3, 0.4) is 0 Å². The Morgan fingerprint density at radius 1 is 1.06 bits per heavy atom. The second-order valence-electron chi connectivity index (χ2n) is 5.12. The highest BCUT2D eigenvalue weighted by Crippen LogP contribution is 2.18. The molecule has 0 aromatic heterocycles. The fraction of sp³-hybridized carbons (Fsp3) is 0.571. The lowest BCUT2D eigenvalue weighted by atomic mass is 10.0. The van der Waals surface area contributed by atoms with Gasteiger partial charge in [-0.2, -0.15) is 0 Å². The first kappa shape index (κ1) is 11.2. The first-order valence-electron chi connectivity index (χ1n) is 6.63. The lowest BCUT2D eigenvalue weighted by molar-refractivity contribution is 0.0223. The smallest absolute Gasteiger partial charge is 0.0351 e. The average molecular weight is 231 g/mol. The van der Waals surface area contributed by atoms with Gasteiger partial charge in [0.15, 0.2) is 0 Å². The molecule has 0 bridgehead atoms. The molecule has 3 rings (SSSR count). The van der Waals surface area contributed by atoms with E-state index in [4.69, 9.17) is 0 Å². The Morgan fingerprint density at radius 3 is 2.47 bits per heavy atom. The molecule has 0 atom stereocenters. The molecule has 92 valence electrons. The van der Waals surface area contributed by atoms with E-state index in [0.29, 0.717) is 0 Å². The summed E-state index contributed by atoms with van der Waals surface area (Å²) in [5, 5.41) is 3.41. The number of likely N-dealkylation sites (tertiary alicyclic amines) is 1. The van der Waals surface area contributed by atoms with Gasteiger partial charge in [0.05, 0.1) is 0 Å². The van der Waals surface area contributed by atoms with E-state index in [1.165, 1.54) is 31.7 Å². The molecular weight excluding hydrogens is 210 g/mol. The molecule has 1 N–H and O–H groups in total. The molecule has 0 spiro atoms. The van der Waals surface area contributed by atoms with E-state index in [9.17, 15) is 0 Å². The fourth-order valence-corrected chi connectivity index (χ4v) is 2.79. The number of nitrogens with one attached hydrogen (secondary N) is 1. The van der Waals surface area contributed by atoms with Crippen LogP contribution in [-0.2, 0) is 6.54 Å². The second-order valence-corrected chi connectivity index (χ2v) is 5.12. The summed E-state index contributed by atoms with van der Waals surface area (Å²) in [5.74, 6) is 0. The van der Waals surface area contributed by atoms with E-state index < -0.39 is 0 Å². The van der Waals surface area contributed by atoms with E-state index >= 15 is 0 Å². The highest BCUT2D eigenvalue weighted by molar-refractivity contribution is 5.15. The van der Waals surface area contributed by atoms with E-state index in [1.54, 1.807) is 0 Å². The molecule has 2 heterocycles. The molecule has 2 aliphatic rings. The highest BCUT2D eigenvalue weighted by atomic mass is 15.3. The molecule has 3 nitrogen and oxygen atoms in total. The van der Waals surface area contributed by atoms with Crippen molar-refractivity contribution in [3.05, 3.63) is 35.9 Å². The van der Waals surface area contributed by atoms with Crippen molar-refractivity contribution in [2.24, 2.45) is 0 Å². The molecular formula is C14H21N3. The summed E-state index contributed by atoms with van der Waals surface area (Å²) in [6.45, 7) is 8.38. The van der Waals surface area contributed by atoms with Crippen LogP contribution in [0.15, 0.2) is 30.3 Å². The summed E-state index contributed by atoms with van der Waals surface area (Å²) in [6.07, 6.45) is 0. The van der Waals surface area contributed by atoms with Gasteiger partial charge in [0, 0.05) is 51.9 Å². The average Bonchev–Trinajstić information content (AvgIpc) is 2.36. The Bertz CT molecular complexity index is 340. The molecule has 1 aromatic carbocycles. The first-order chi connectivity index (χ1) is 8.42. The maximum Gasteiger partial charge on any atom is 0.0351 e. The summed E-state index contributed by atoms with van der Waals surface area (Å²) >= 11 is 0. The molecule has 1 aromatic rings. The lowest BCUT2D eigenvalue weighted by Gasteiger charge is -2.46. The van der Waals surface area contributed by atoms with Gasteiger partial charge in [0.2, 0.25) is 0 Å². The van der Waals surface area contributed by atoms with Crippen LogP contribution in [0.1, 0.15) is 5.56 Å². The summed E-state index contributed by atoms with van der Waals surface area (Å²) in [7, 11) is 0. The summed E-state index contributed by atoms with van der Waals surface area (Å²) < 4.78 is 0. The zero-order valence-electron chi connectivity index (χ0n) is 10.3. The minimum absolute atomic E-state index is 0.806. The molecule has 0 saturated carbocycles. The minimum atomic E-state index is 0.806. The number of benzene rings is 1. The monoisotopic (exact) mass is 231 g/mol. The Morgan fingerprint density at radius 2 is 1.76 bits per heavy atom. The molecule has 2 fully saturated rings. The van der Waals surface area contributed by atoms with Gasteiger partial charge in [-0.3, -0.25) is 9.80 Å². The zero-order chi connectivity index (χ0) is 11.5.